The summed E-state index contributed by atoms with van der Waals surface area (Å²) >= 11 is 0. The molecule has 0 fully saturated rings. The standard InChI is InChI=1S/C22H25N3O2/c1-13-4-8-18-16(10-13)6-7-17-11-14(2)5-9-19(17)22(18,12-15(3)23)20-24-21(26)27-25-20/h4-5,8-11,15H,6-7,12,23H2,1-3H3,(H,24,25,26)/t15-/m0/s1. The summed E-state index contributed by atoms with van der Waals surface area (Å²) in [7, 11) is 0. The number of benzene rings is 2. The zero-order valence-corrected chi connectivity index (χ0v) is 16.0. The van der Waals surface area contributed by atoms with Crippen molar-refractivity contribution in [1.82, 2.24) is 10.1 Å². The van der Waals surface area contributed by atoms with Gasteiger partial charge in [0.15, 0.2) is 5.82 Å². The lowest BCUT2D eigenvalue weighted by atomic mass is 9.68. The Morgan fingerprint density at radius 1 is 1.11 bits per heavy atom. The quantitative estimate of drug-likeness (QED) is 0.749. The van der Waals surface area contributed by atoms with Crippen molar-refractivity contribution in [1.29, 1.82) is 0 Å². The van der Waals surface area contributed by atoms with Gasteiger partial charge in [-0.05, 0) is 62.3 Å². The van der Waals surface area contributed by atoms with Crippen LogP contribution in [0.4, 0.5) is 0 Å². The van der Waals surface area contributed by atoms with E-state index in [4.69, 9.17) is 10.3 Å². The van der Waals surface area contributed by atoms with Crippen LogP contribution in [0.1, 0.15) is 52.5 Å². The van der Waals surface area contributed by atoms with E-state index in [0.717, 1.165) is 24.0 Å². The molecular formula is C22H25N3O2. The van der Waals surface area contributed by atoms with Crippen LogP contribution in [-0.4, -0.2) is 16.2 Å². The second-order valence-corrected chi connectivity index (χ2v) is 7.84. The van der Waals surface area contributed by atoms with E-state index < -0.39 is 11.2 Å². The van der Waals surface area contributed by atoms with Crippen molar-refractivity contribution >= 4 is 0 Å². The number of nitrogens with one attached hydrogen (secondary N) is 1. The number of rotatable bonds is 3. The van der Waals surface area contributed by atoms with E-state index in [1.807, 2.05) is 6.92 Å². The monoisotopic (exact) mass is 363 g/mol. The number of fused-ring (bicyclic) bond motifs is 2. The summed E-state index contributed by atoms with van der Waals surface area (Å²) < 4.78 is 5.01. The van der Waals surface area contributed by atoms with Gasteiger partial charge in [-0.25, -0.2) is 9.95 Å². The average Bonchev–Trinajstić information content (AvgIpc) is 3.00. The fraction of sp³-hybridized carbons (Fsp3) is 0.364. The summed E-state index contributed by atoms with van der Waals surface area (Å²) in [6.07, 6.45) is 2.51. The Bertz CT molecular complexity index is 992. The number of H-pyrrole nitrogens is 1. The summed E-state index contributed by atoms with van der Waals surface area (Å²) in [5, 5.41) is 2.81. The summed E-state index contributed by atoms with van der Waals surface area (Å²) in [6.45, 7) is 6.20. The Labute approximate surface area is 158 Å². The Morgan fingerprint density at radius 2 is 1.67 bits per heavy atom. The second-order valence-electron chi connectivity index (χ2n) is 7.84. The highest BCUT2D eigenvalue weighted by molar-refractivity contribution is 5.55. The van der Waals surface area contributed by atoms with Gasteiger partial charge < -0.3 is 10.3 Å². The van der Waals surface area contributed by atoms with Crippen molar-refractivity contribution in [3.8, 4) is 0 Å². The zero-order chi connectivity index (χ0) is 19.2. The molecule has 140 valence electrons. The van der Waals surface area contributed by atoms with Crippen LogP contribution < -0.4 is 11.5 Å². The molecule has 4 rings (SSSR count). The third-order valence-corrected chi connectivity index (χ3v) is 5.58. The van der Waals surface area contributed by atoms with Crippen LogP contribution in [0.2, 0.25) is 0 Å². The van der Waals surface area contributed by atoms with Crippen molar-refractivity contribution in [2.24, 2.45) is 5.73 Å². The van der Waals surface area contributed by atoms with E-state index in [0.29, 0.717) is 12.2 Å². The van der Waals surface area contributed by atoms with Gasteiger partial charge in [0.05, 0.1) is 5.41 Å². The first-order chi connectivity index (χ1) is 12.9. The van der Waals surface area contributed by atoms with Gasteiger partial charge in [0.1, 0.15) is 0 Å². The molecule has 1 aliphatic carbocycles. The predicted octanol–water partition coefficient (Wildman–Crippen LogP) is 3.15. The molecule has 5 heteroatoms. The van der Waals surface area contributed by atoms with Gasteiger partial charge in [0, 0.05) is 6.04 Å². The summed E-state index contributed by atoms with van der Waals surface area (Å²) in [5.41, 5.74) is 13.0. The van der Waals surface area contributed by atoms with E-state index in [-0.39, 0.29) is 6.04 Å². The van der Waals surface area contributed by atoms with E-state index in [1.54, 1.807) is 0 Å². The van der Waals surface area contributed by atoms with Crippen molar-refractivity contribution in [3.05, 3.63) is 86.2 Å². The molecule has 0 saturated heterocycles. The Hall–Kier alpha value is -2.66. The molecule has 1 aliphatic rings. The van der Waals surface area contributed by atoms with Gasteiger partial charge in [0.25, 0.3) is 0 Å². The van der Waals surface area contributed by atoms with Crippen LogP contribution in [0.5, 0.6) is 0 Å². The number of hydrogen-bond acceptors (Lipinski definition) is 4. The minimum atomic E-state index is -0.636. The first kappa shape index (κ1) is 17.7. The third kappa shape index (κ3) is 2.92. The van der Waals surface area contributed by atoms with Gasteiger partial charge in [0.2, 0.25) is 0 Å². The molecule has 3 N–H and O–H groups in total. The largest absolute Gasteiger partial charge is 0.459 e. The fourth-order valence-electron chi connectivity index (χ4n) is 4.57. The fourth-order valence-corrected chi connectivity index (χ4v) is 4.57. The first-order valence-corrected chi connectivity index (χ1v) is 9.42. The van der Waals surface area contributed by atoms with Gasteiger partial charge in [-0.1, -0.05) is 47.5 Å². The van der Waals surface area contributed by atoms with Crippen LogP contribution in [-0.2, 0) is 18.3 Å². The van der Waals surface area contributed by atoms with Crippen molar-refractivity contribution in [3.63, 3.8) is 0 Å². The van der Waals surface area contributed by atoms with E-state index in [9.17, 15) is 4.79 Å². The molecule has 27 heavy (non-hydrogen) atoms. The normalized spacial score (nSPS) is 16.3. The van der Waals surface area contributed by atoms with Crippen molar-refractivity contribution < 1.29 is 4.52 Å². The topological polar surface area (TPSA) is 84.9 Å². The highest BCUT2D eigenvalue weighted by Crippen LogP contribution is 2.46. The lowest BCUT2D eigenvalue weighted by Crippen LogP contribution is -2.38. The number of aromatic nitrogens is 2. The summed E-state index contributed by atoms with van der Waals surface area (Å²) in [6, 6.07) is 12.9. The molecule has 0 aliphatic heterocycles. The lowest BCUT2D eigenvalue weighted by Gasteiger charge is -2.35. The number of hydrogen-bond donors (Lipinski definition) is 2. The zero-order valence-electron chi connectivity index (χ0n) is 16.0. The Balaban J connectivity index is 2.12. The SMILES string of the molecule is Cc1ccc2c(c1)CCc1cc(C)ccc1C2(C[C@H](C)N)c1nc(=O)o[nH]1. The van der Waals surface area contributed by atoms with Gasteiger partial charge >= 0.3 is 5.76 Å². The first-order valence-electron chi connectivity index (χ1n) is 9.42. The molecule has 3 aromatic rings. The maximum atomic E-state index is 11.8. The molecule has 1 aromatic heterocycles. The molecule has 0 unspecified atom stereocenters. The highest BCUT2D eigenvalue weighted by Gasteiger charge is 2.44. The maximum Gasteiger partial charge on any atom is 0.459 e. The molecular weight excluding hydrogens is 338 g/mol. The molecule has 5 nitrogen and oxygen atoms in total. The molecule has 2 aromatic carbocycles. The minimum absolute atomic E-state index is 0.0911. The van der Waals surface area contributed by atoms with E-state index >= 15 is 0 Å². The van der Waals surface area contributed by atoms with Gasteiger partial charge in [-0.3, -0.25) is 0 Å². The van der Waals surface area contributed by atoms with Crippen LogP contribution in [0.15, 0.2) is 45.7 Å². The molecule has 1 atom stereocenters. The van der Waals surface area contributed by atoms with Gasteiger partial charge in [-0.2, -0.15) is 4.98 Å². The minimum Gasteiger partial charge on any atom is -0.328 e. The second kappa shape index (κ2) is 6.50. The van der Waals surface area contributed by atoms with Crippen LogP contribution >= 0.6 is 0 Å². The number of aryl methyl sites for hydroxylation is 4. The molecule has 0 saturated carbocycles. The molecule has 0 amide bonds. The van der Waals surface area contributed by atoms with Crippen molar-refractivity contribution in [2.45, 2.75) is 51.5 Å². The van der Waals surface area contributed by atoms with E-state index in [2.05, 4.69) is 60.4 Å². The number of aromatic amines is 1. The van der Waals surface area contributed by atoms with Gasteiger partial charge in [-0.15, -0.1) is 0 Å². The third-order valence-electron chi connectivity index (χ3n) is 5.58. The number of nitrogens with two attached hydrogens (primary N) is 1. The summed E-state index contributed by atoms with van der Waals surface area (Å²) in [5.74, 6) is -0.0810. The van der Waals surface area contributed by atoms with E-state index in [1.165, 1.54) is 22.3 Å². The van der Waals surface area contributed by atoms with Crippen LogP contribution in [0, 0.1) is 13.8 Å². The smallest absolute Gasteiger partial charge is 0.328 e. The van der Waals surface area contributed by atoms with Crippen LogP contribution in [0.25, 0.3) is 0 Å². The molecule has 0 bridgehead atoms. The predicted molar refractivity (Wildman–Crippen MR) is 105 cm³/mol. The number of nitrogens with zero attached hydrogens (tertiary/aromatic N) is 1. The molecule has 0 radical (unpaired) electrons. The van der Waals surface area contributed by atoms with Crippen LogP contribution in [0.3, 0.4) is 0 Å². The lowest BCUT2D eigenvalue weighted by molar-refractivity contribution is 0.366. The summed E-state index contributed by atoms with van der Waals surface area (Å²) in [4.78, 5) is 16.0. The maximum absolute atomic E-state index is 11.8. The Kier molecular flexibility index (Phi) is 4.27. The van der Waals surface area contributed by atoms with Crippen molar-refractivity contribution in [2.75, 3.05) is 0 Å². The molecule has 0 spiro atoms. The Morgan fingerprint density at radius 3 is 2.11 bits per heavy atom. The highest BCUT2D eigenvalue weighted by atomic mass is 16.5. The molecule has 1 heterocycles. The average molecular weight is 363 g/mol.